The first-order valence-electron chi connectivity index (χ1n) is 32.5. The van der Waals surface area contributed by atoms with Crippen LogP contribution in [0.4, 0.5) is 0 Å². The lowest BCUT2D eigenvalue weighted by atomic mass is 10.1. The first kappa shape index (κ1) is 81.5. The lowest BCUT2D eigenvalue weighted by Crippen LogP contribution is -2.30. The zero-order chi connectivity index (χ0) is 62.4. The van der Waals surface area contributed by atoms with Gasteiger partial charge in [-0.15, -0.1) is 0 Å². The van der Waals surface area contributed by atoms with Gasteiger partial charge in [-0.3, -0.25) is 32.5 Å². The van der Waals surface area contributed by atoms with E-state index in [0.717, 1.165) is 148 Å². The van der Waals surface area contributed by atoms with Gasteiger partial charge in [0.05, 0.1) is 26.4 Å². The molecule has 0 saturated carbocycles. The molecule has 0 heterocycles. The average molecular weight is 1240 g/mol. The molecule has 5 unspecified atom stereocenters. The summed E-state index contributed by atoms with van der Waals surface area (Å²) in [7, 11) is -9.78. The van der Waals surface area contributed by atoms with Gasteiger partial charge in [-0.2, -0.15) is 0 Å². The SMILES string of the molecule is CCC/C=C\C/C=C\CCCCCCCC(=O)OC(COC(=O)CCCCCCC/C=C\C/C=C\CCCCC)COP(=O)(O)OCC(O)COP(=O)(O)OCC(O)COC(=O)CCCCCCC/C=C\C/C=C\C/C=C\C/C=C\CCCCC. The molecule has 0 radical (unpaired) electrons. The Morgan fingerprint density at radius 2 is 0.612 bits per heavy atom. The minimum atomic E-state index is -4.93. The number of phosphoric ester groups is 2. The first-order valence-corrected chi connectivity index (χ1v) is 35.5. The van der Waals surface area contributed by atoms with Crippen LogP contribution >= 0.6 is 15.6 Å². The van der Waals surface area contributed by atoms with Crippen molar-refractivity contribution >= 4 is 33.6 Å². The second kappa shape index (κ2) is 60.7. The van der Waals surface area contributed by atoms with Crippen molar-refractivity contribution in [2.75, 3.05) is 39.6 Å². The van der Waals surface area contributed by atoms with Crippen LogP contribution in [0.15, 0.2) is 97.2 Å². The lowest BCUT2D eigenvalue weighted by Gasteiger charge is -2.21. The number of hydrogen-bond acceptors (Lipinski definition) is 14. The van der Waals surface area contributed by atoms with Crippen molar-refractivity contribution < 1.29 is 75.8 Å². The van der Waals surface area contributed by atoms with E-state index in [2.05, 4.69) is 118 Å². The highest BCUT2D eigenvalue weighted by molar-refractivity contribution is 7.47. The van der Waals surface area contributed by atoms with Crippen LogP contribution in [-0.2, 0) is 55.8 Å². The zero-order valence-electron chi connectivity index (χ0n) is 52.8. The molecule has 0 aliphatic rings. The predicted molar refractivity (Wildman–Crippen MR) is 344 cm³/mol. The minimum Gasteiger partial charge on any atom is -0.463 e. The van der Waals surface area contributed by atoms with Gasteiger partial charge < -0.3 is 34.2 Å². The molecule has 16 nitrogen and oxygen atoms in total. The van der Waals surface area contributed by atoms with Gasteiger partial charge in [0.15, 0.2) is 6.10 Å². The zero-order valence-corrected chi connectivity index (χ0v) is 54.5. The van der Waals surface area contributed by atoms with Crippen LogP contribution in [0.1, 0.15) is 252 Å². The molecule has 0 saturated heterocycles. The van der Waals surface area contributed by atoms with Crippen molar-refractivity contribution in [3.05, 3.63) is 97.2 Å². The highest BCUT2D eigenvalue weighted by atomic mass is 31.2. The van der Waals surface area contributed by atoms with Gasteiger partial charge in [0, 0.05) is 19.3 Å². The van der Waals surface area contributed by atoms with Crippen molar-refractivity contribution in [1.29, 1.82) is 0 Å². The summed E-state index contributed by atoms with van der Waals surface area (Å²) in [5.74, 6) is -1.63. The summed E-state index contributed by atoms with van der Waals surface area (Å²) in [5, 5.41) is 20.5. The van der Waals surface area contributed by atoms with E-state index in [1.165, 1.54) is 44.9 Å². The van der Waals surface area contributed by atoms with Crippen molar-refractivity contribution in [2.45, 2.75) is 270 Å². The van der Waals surface area contributed by atoms with Gasteiger partial charge in [0.1, 0.15) is 25.4 Å². The molecule has 0 bridgehead atoms. The standard InChI is InChI=1S/C67H116O16P2/c1-4-7-10-13-16-19-22-25-27-28-29-30-31-32-34-37-38-41-44-47-50-53-65(70)77-56-62(68)57-79-84(73,74)80-58-63(69)59-81-85(75,76)82-61-64(83-67(72)55-52-49-46-43-40-35-24-21-18-15-12-9-6-3)60-78-66(71)54-51-48-45-42-39-36-33-26-23-20-17-14-11-8-5-2/h12,15-17,19-21,24-27,29-30,32-34,62-64,68-69H,4-11,13-14,18,22-23,28,31,35-61H2,1-3H3,(H,73,74)(H,75,76)/b15-12-,19-16-,20-17-,24-21-,27-25-,30-29-,33-26-,34-32-. The molecule has 85 heavy (non-hydrogen) atoms. The predicted octanol–water partition coefficient (Wildman–Crippen LogP) is 17.5. The van der Waals surface area contributed by atoms with Crippen LogP contribution in [0.5, 0.6) is 0 Å². The quantitative estimate of drug-likeness (QED) is 0.0146. The number of unbranched alkanes of at least 4 members (excludes halogenated alkanes) is 22. The third kappa shape index (κ3) is 61.9. The number of rotatable bonds is 61. The molecule has 0 aromatic rings. The molecule has 0 fully saturated rings. The number of carbonyl (C=O) groups is 3. The van der Waals surface area contributed by atoms with Gasteiger partial charge in [-0.05, 0) is 122 Å². The van der Waals surface area contributed by atoms with E-state index < -0.39 is 91.5 Å². The fourth-order valence-corrected chi connectivity index (χ4v) is 9.79. The maximum atomic E-state index is 12.9. The topological polar surface area (TPSA) is 231 Å². The normalized spacial score (nSPS) is 15.0. The Labute approximate surface area is 514 Å². The Balaban J connectivity index is 4.65. The Morgan fingerprint density at radius 3 is 0.976 bits per heavy atom. The molecule has 5 atom stereocenters. The monoisotopic (exact) mass is 1240 g/mol. The van der Waals surface area contributed by atoms with Gasteiger partial charge in [-0.25, -0.2) is 9.13 Å². The van der Waals surface area contributed by atoms with E-state index in [-0.39, 0.29) is 19.3 Å². The third-order valence-corrected chi connectivity index (χ3v) is 15.1. The number of allylic oxidation sites excluding steroid dienone is 16. The van der Waals surface area contributed by atoms with Gasteiger partial charge in [-0.1, -0.05) is 208 Å². The second-order valence-electron chi connectivity index (χ2n) is 21.6. The van der Waals surface area contributed by atoms with Gasteiger partial charge in [0.25, 0.3) is 0 Å². The third-order valence-electron chi connectivity index (χ3n) is 13.2. The summed E-state index contributed by atoms with van der Waals surface area (Å²) in [4.78, 5) is 58.2. The van der Waals surface area contributed by atoms with Crippen molar-refractivity contribution in [3.8, 4) is 0 Å². The molecule has 490 valence electrons. The maximum Gasteiger partial charge on any atom is 0.472 e. The molecule has 0 aliphatic carbocycles. The van der Waals surface area contributed by atoms with Crippen LogP contribution < -0.4 is 0 Å². The van der Waals surface area contributed by atoms with Crippen molar-refractivity contribution in [3.63, 3.8) is 0 Å². The molecule has 0 aromatic heterocycles. The Morgan fingerprint density at radius 1 is 0.329 bits per heavy atom. The molecule has 0 amide bonds. The molecule has 0 aliphatic heterocycles. The highest BCUT2D eigenvalue weighted by Crippen LogP contribution is 2.45. The molecule has 0 aromatic carbocycles. The summed E-state index contributed by atoms with van der Waals surface area (Å²) < 4.78 is 60.7. The summed E-state index contributed by atoms with van der Waals surface area (Å²) in [5.41, 5.74) is 0. The number of aliphatic hydroxyl groups excluding tert-OH is 2. The fourth-order valence-electron chi connectivity index (χ4n) is 8.21. The number of aliphatic hydroxyl groups is 2. The van der Waals surface area contributed by atoms with E-state index in [1.807, 2.05) is 0 Å². The lowest BCUT2D eigenvalue weighted by molar-refractivity contribution is -0.161. The van der Waals surface area contributed by atoms with Crippen LogP contribution in [0.2, 0.25) is 0 Å². The van der Waals surface area contributed by atoms with Gasteiger partial charge in [0.2, 0.25) is 0 Å². The van der Waals surface area contributed by atoms with E-state index in [0.29, 0.717) is 19.3 Å². The second-order valence-corrected chi connectivity index (χ2v) is 24.5. The summed E-state index contributed by atoms with van der Waals surface area (Å²) in [6, 6.07) is 0. The molecular formula is C67H116O16P2. The summed E-state index contributed by atoms with van der Waals surface area (Å²) >= 11 is 0. The van der Waals surface area contributed by atoms with E-state index in [9.17, 15) is 43.5 Å². The molecular weight excluding hydrogens is 1120 g/mol. The number of phosphoric acid groups is 2. The van der Waals surface area contributed by atoms with E-state index in [4.69, 9.17) is 32.3 Å². The van der Waals surface area contributed by atoms with Crippen molar-refractivity contribution in [1.82, 2.24) is 0 Å². The fraction of sp³-hybridized carbons (Fsp3) is 0.716. The maximum absolute atomic E-state index is 12.9. The number of carbonyl (C=O) groups excluding carboxylic acids is 3. The van der Waals surface area contributed by atoms with E-state index in [1.54, 1.807) is 0 Å². The number of esters is 3. The Kier molecular flexibility index (Phi) is 58.2. The first-order chi connectivity index (χ1) is 41.2. The van der Waals surface area contributed by atoms with Crippen LogP contribution in [0.3, 0.4) is 0 Å². The van der Waals surface area contributed by atoms with Crippen LogP contribution in [0, 0.1) is 0 Å². The largest absolute Gasteiger partial charge is 0.472 e. The molecule has 18 heteroatoms. The number of hydrogen-bond donors (Lipinski definition) is 4. The smallest absolute Gasteiger partial charge is 0.463 e. The Hall–Kier alpha value is -3.53. The van der Waals surface area contributed by atoms with E-state index >= 15 is 0 Å². The van der Waals surface area contributed by atoms with Gasteiger partial charge >= 0.3 is 33.6 Å². The highest BCUT2D eigenvalue weighted by Gasteiger charge is 2.29. The summed E-state index contributed by atoms with van der Waals surface area (Å²) in [6.07, 6.45) is 64.6. The molecule has 4 N–H and O–H groups in total. The van der Waals surface area contributed by atoms with Crippen molar-refractivity contribution in [2.24, 2.45) is 0 Å². The minimum absolute atomic E-state index is 0.0837. The van der Waals surface area contributed by atoms with Crippen LogP contribution in [-0.4, -0.2) is 95.9 Å². The Bertz CT molecular complexity index is 1940. The van der Waals surface area contributed by atoms with Crippen LogP contribution in [0.25, 0.3) is 0 Å². The summed E-state index contributed by atoms with van der Waals surface area (Å²) in [6.45, 7) is 2.47. The average Bonchev–Trinajstić information content (AvgIpc) is 3.55. The number of ether oxygens (including phenoxy) is 3. The molecule has 0 spiro atoms. The molecule has 0 rings (SSSR count).